The molecule has 1 aromatic carbocycles. The fraction of sp³-hybridized carbons (Fsp3) is 0.364. The fourth-order valence-corrected chi connectivity index (χ4v) is 3.83. The molecule has 1 fully saturated rings. The van der Waals surface area contributed by atoms with Gasteiger partial charge < -0.3 is 0 Å². The molecule has 1 aliphatic rings. The number of hydrogen-bond donors (Lipinski definition) is 0. The minimum absolute atomic E-state index is 0.156. The highest BCUT2D eigenvalue weighted by molar-refractivity contribution is 7.92. The Balaban J connectivity index is 2.44. The van der Waals surface area contributed by atoms with Crippen molar-refractivity contribution in [1.82, 2.24) is 0 Å². The number of anilines is 1. The number of rotatable bonds is 1. The lowest BCUT2D eigenvalue weighted by Crippen LogP contribution is -2.38. The SMILES string of the molecule is N#Cc1ccc(N2CCCCS2(=O)=O)c(Cl)c1. The molecule has 0 aliphatic carbocycles. The average molecular weight is 271 g/mol. The van der Waals surface area contributed by atoms with Gasteiger partial charge in [-0.1, -0.05) is 11.6 Å². The Morgan fingerprint density at radius 1 is 1.35 bits per heavy atom. The molecule has 2 rings (SSSR count). The molecule has 0 unspecified atom stereocenters. The van der Waals surface area contributed by atoms with Gasteiger partial charge in [0.1, 0.15) is 0 Å². The van der Waals surface area contributed by atoms with Gasteiger partial charge in [0.15, 0.2) is 0 Å². The number of hydrogen-bond acceptors (Lipinski definition) is 3. The Morgan fingerprint density at radius 3 is 2.71 bits per heavy atom. The summed E-state index contributed by atoms with van der Waals surface area (Å²) in [7, 11) is -3.25. The van der Waals surface area contributed by atoms with Crippen LogP contribution in [0.25, 0.3) is 0 Å². The third-order valence-corrected chi connectivity index (χ3v) is 4.85. The van der Waals surface area contributed by atoms with E-state index in [1.807, 2.05) is 6.07 Å². The van der Waals surface area contributed by atoms with Crippen LogP contribution in [0.3, 0.4) is 0 Å². The molecule has 0 atom stereocenters. The Morgan fingerprint density at radius 2 is 2.12 bits per heavy atom. The molecule has 0 amide bonds. The van der Waals surface area contributed by atoms with E-state index in [0.717, 1.165) is 6.42 Å². The highest BCUT2D eigenvalue weighted by Crippen LogP contribution is 2.31. The monoisotopic (exact) mass is 270 g/mol. The lowest BCUT2D eigenvalue weighted by Gasteiger charge is -2.28. The van der Waals surface area contributed by atoms with Gasteiger partial charge in [0.2, 0.25) is 10.0 Å². The molecule has 1 aromatic rings. The zero-order valence-electron chi connectivity index (χ0n) is 9.06. The molecule has 0 saturated carbocycles. The molecular weight excluding hydrogens is 260 g/mol. The normalized spacial score (nSPS) is 18.7. The Kier molecular flexibility index (Phi) is 3.27. The van der Waals surface area contributed by atoms with Crippen molar-refractivity contribution in [2.24, 2.45) is 0 Å². The first-order chi connectivity index (χ1) is 8.04. The summed E-state index contributed by atoms with van der Waals surface area (Å²) >= 11 is 6.01. The summed E-state index contributed by atoms with van der Waals surface area (Å²) in [6.45, 7) is 0.452. The van der Waals surface area contributed by atoms with Crippen LogP contribution in [-0.2, 0) is 10.0 Å². The standard InChI is InChI=1S/C11H11ClN2O2S/c12-10-7-9(8-13)3-4-11(10)14-5-1-2-6-17(14,15)16/h3-4,7H,1-2,5-6H2. The van der Waals surface area contributed by atoms with Crippen LogP contribution in [-0.4, -0.2) is 20.7 Å². The first-order valence-corrected chi connectivity index (χ1v) is 7.23. The van der Waals surface area contributed by atoms with Crippen molar-refractivity contribution < 1.29 is 8.42 Å². The summed E-state index contributed by atoms with van der Waals surface area (Å²) in [4.78, 5) is 0. The number of benzene rings is 1. The van der Waals surface area contributed by atoms with Crippen molar-refractivity contribution in [1.29, 1.82) is 5.26 Å². The molecule has 4 nitrogen and oxygen atoms in total. The van der Waals surface area contributed by atoms with E-state index in [0.29, 0.717) is 29.2 Å². The van der Waals surface area contributed by atoms with Crippen molar-refractivity contribution in [3.05, 3.63) is 28.8 Å². The van der Waals surface area contributed by atoms with Gasteiger partial charge in [0.25, 0.3) is 0 Å². The molecule has 1 saturated heterocycles. The summed E-state index contributed by atoms with van der Waals surface area (Å²) in [5, 5.41) is 9.03. The van der Waals surface area contributed by atoms with Crippen LogP contribution >= 0.6 is 11.6 Å². The van der Waals surface area contributed by atoms with Crippen molar-refractivity contribution >= 4 is 27.3 Å². The average Bonchev–Trinajstić information content (AvgIpc) is 2.29. The van der Waals surface area contributed by atoms with Crippen LogP contribution in [0.4, 0.5) is 5.69 Å². The molecule has 0 N–H and O–H groups in total. The van der Waals surface area contributed by atoms with E-state index >= 15 is 0 Å². The first-order valence-electron chi connectivity index (χ1n) is 5.25. The van der Waals surface area contributed by atoms with Crippen LogP contribution in [0.5, 0.6) is 0 Å². The molecule has 0 aromatic heterocycles. The smallest absolute Gasteiger partial charge is 0.235 e. The van der Waals surface area contributed by atoms with Gasteiger partial charge in [0, 0.05) is 6.54 Å². The van der Waals surface area contributed by atoms with Gasteiger partial charge in [-0.2, -0.15) is 5.26 Å². The summed E-state index contributed by atoms with van der Waals surface area (Å²) in [5.74, 6) is 0.156. The molecule has 1 aliphatic heterocycles. The number of sulfonamides is 1. The van der Waals surface area contributed by atoms with E-state index in [2.05, 4.69) is 0 Å². The topological polar surface area (TPSA) is 61.2 Å². The lowest BCUT2D eigenvalue weighted by atomic mass is 10.2. The third kappa shape index (κ3) is 2.38. The summed E-state index contributed by atoms with van der Waals surface area (Å²) < 4.78 is 25.1. The van der Waals surface area contributed by atoms with Crippen molar-refractivity contribution in [3.8, 4) is 6.07 Å². The van der Waals surface area contributed by atoms with E-state index in [1.165, 1.54) is 10.4 Å². The fourth-order valence-electron chi connectivity index (χ4n) is 1.84. The highest BCUT2D eigenvalue weighted by atomic mass is 35.5. The van der Waals surface area contributed by atoms with E-state index in [-0.39, 0.29) is 5.75 Å². The predicted molar refractivity (Wildman–Crippen MR) is 66.5 cm³/mol. The largest absolute Gasteiger partial charge is 0.269 e. The van der Waals surface area contributed by atoms with Crippen LogP contribution < -0.4 is 4.31 Å². The molecule has 0 bridgehead atoms. The van der Waals surface area contributed by atoms with Crippen molar-refractivity contribution in [3.63, 3.8) is 0 Å². The molecule has 0 radical (unpaired) electrons. The second kappa shape index (κ2) is 4.55. The highest BCUT2D eigenvalue weighted by Gasteiger charge is 2.27. The van der Waals surface area contributed by atoms with E-state index in [4.69, 9.17) is 16.9 Å². The molecular formula is C11H11ClN2O2S. The van der Waals surface area contributed by atoms with E-state index in [9.17, 15) is 8.42 Å². The number of nitrogens with zero attached hydrogens (tertiary/aromatic N) is 2. The van der Waals surface area contributed by atoms with E-state index < -0.39 is 10.0 Å². The molecule has 17 heavy (non-hydrogen) atoms. The van der Waals surface area contributed by atoms with Gasteiger partial charge in [0.05, 0.1) is 28.1 Å². The van der Waals surface area contributed by atoms with Gasteiger partial charge in [-0.05, 0) is 31.0 Å². The maximum atomic E-state index is 11.9. The Hall–Kier alpha value is -1.25. The molecule has 90 valence electrons. The van der Waals surface area contributed by atoms with Crippen molar-refractivity contribution in [2.45, 2.75) is 12.8 Å². The maximum Gasteiger partial charge on any atom is 0.235 e. The first kappa shape index (κ1) is 12.2. The third-order valence-electron chi connectivity index (χ3n) is 2.69. The number of halogens is 1. The van der Waals surface area contributed by atoms with Gasteiger partial charge in [-0.15, -0.1) is 0 Å². The maximum absolute atomic E-state index is 11.9. The minimum Gasteiger partial charge on any atom is -0.269 e. The van der Waals surface area contributed by atoms with Crippen molar-refractivity contribution in [2.75, 3.05) is 16.6 Å². The van der Waals surface area contributed by atoms with Crippen LogP contribution in [0.2, 0.25) is 5.02 Å². The molecule has 6 heteroatoms. The molecule has 1 heterocycles. The lowest BCUT2D eigenvalue weighted by molar-refractivity contribution is 0.574. The summed E-state index contributed by atoms with van der Waals surface area (Å²) in [6.07, 6.45) is 1.52. The second-order valence-corrected chi connectivity index (χ2v) is 6.29. The minimum atomic E-state index is -3.25. The van der Waals surface area contributed by atoms with Crippen LogP contribution in [0.15, 0.2) is 18.2 Å². The zero-order chi connectivity index (χ0) is 12.5. The van der Waals surface area contributed by atoms with Gasteiger partial charge in [-0.25, -0.2) is 8.42 Å². The van der Waals surface area contributed by atoms with Gasteiger partial charge >= 0.3 is 0 Å². The Labute approximate surface area is 105 Å². The quantitative estimate of drug-likeness (QED) is 0.785. The number of nitriles is 1. The van der Waals surface area contributed by atoms with E-state index in [1.54, 1.807) is 12.1 Å². The van der Waals surface area contributed by atoms with Gasteiger partial charge in [-0.3, -0.25) is 4.31 Å². The zero-order valence-corrected chi connectivity index (χ0v) is 10.6. The predicted octanol–water partition coefficient (Wildman–Crippen LogP) is 2.14. The second-order valence-electron chi connectivity index (χ2n) is 3.87. The Bertz CT molecular complexity index is 578. The van der Waals surface area contributed by atoms with Crippen LogP contribution in [0, 0.1) is 11.3 Å². The van der Waals surface area contributed by atoms with Crippen LogP contribution in [0.1, 0.15) is 18.4 Å². The summed E-state index contributed by atoms with van der Waals surface area (Å²) in [5.41, 5.74) is 0.888. The molecule has 0 spiro atoms. The summed E-state index contributed by atoms with van der Waals surface area (Å²) in [6, 6.07) is 6.62.